The molecule has 1 heterocycles. The Bertz CT molecular complexity index is 629. The summed E-state index contributed by atoms with van der Waals surface area (Å²) in [5, 5.41) is 12.8. The molecule has 0 aromatic heterocycles. The summed E-state index contributed by atoms with van der Waals surface area (Å²) in [4.78, 5) is 14.1. The number of aliphatic carboxylic acids is 1. The predicted molar refractivity (Wildman–Crippen MR) is 87.5 cm³/mol. The summed E-state index contributed by atoms with van der Waals surface area (Å²) in [6, 6.07) is 2.92. The topological polar surface area (TPSA) is 95.3 Å². The Morgan fingerprint density at radius 1 is 1.50 bits per heavy atom. The first-order valence-corrected chi connectivity index (χ1v) is 8.20. The molecular weight excluding hydrogens is 337 g/mol. The first-order chi connectivity index (χ1) is 11.5. The minimum absolute atomic E-state index is 0.0300. The highest BCUT2D eigenvalue weighted by molar-refractivity contribution is 6.30. The third kappa shape index (κ3) is 4.84. The van der Waals surface area contributed by atoms with Crippen molar-refractivity contribution in [2.75, 3.05) is 13.2 Å². The van der Waals surface area contributed by atoms with Crippen LogP contribution in [0.15, 0.2) is 23.3 Å². The third-order valence-electron chi connectivity index (χ3n) is 4.41. The number of carboxylic acids is 1. The zero-order chi connectivity index (χ0) is 17.5. The lowest BCUT2D eigenvalue weighted by atomic mass is 9.83. The van der Waals surface area contributed by atoms with Crippen molar-refractivity contribution in [2.45, 2.75) is 37.6 Å². The molecule has 0 spiro atoms. The van der Waals surface area contributed by atoms with E-state index in [0.717, 1.165) is 19.3 Å². The standard InChI is InChI=1S/C16H19ClFN3O3/c17-13-4-2-11(9-14(13)18)12(15(16(22)23)20-21-19)3-1-10-5-7-24-8-6-10/h2,4,9-10,12,15H,1,3,5-8H2,(H,22,23)/t12-,15?/m1/s1. The number of hydrogen-bond donors (Lipinski definition) is 1. The van der Waals surface area contributed by atoms with Gasteiger partial charge in [0.15, 0.2) is 0 Å². The van der Waals surface area contributed by atoms with Gasteiger partial charge in [-0.25, -0.2) is 4.39 Å². The van der Waals surface area contributed by atoms with Crippen molar-refractivity contribution in [3.63, 3.8) is 0 Å². The lowest BCUT2D eigenvalue weighted by Gasteiger charge is -2.26. The SMILES string of the molecule is [N-]=[N+]=NC(C(=O)O)[C@H](CCC1CCOCC1)c1ccc(Cl)c(F)c1. The van der Waals surface area contributed by atoms with Crippen LogP contribution in [0.4, 0.5) is 4.39 Å². The Hall–Kier alpha value is -1.82. The summed E-state index contributed by atoms with van der Waals surface area (Å²) < 4.78 is 19.1. The highest BCUT2D eigenvalue weighted by Crippen LogP contribution is 2.33. The Morgan fingerprint density at radius 2 is 2.21 bits per heavy atom. The van der Waals surface area contributed by atoms with Crippen LogP contribution in [0.5, 0.6) is 0 Å². The second-order valence-electron chi connectivity index (χ2n) is 5.90. The van der Waals surface area contributed by atoms with E-state index < -0.39 is 23.7 Å². The van der Waals surface area contributed by atoms with E-state index in [1.54, 1.807) is 6.07 Å². The van der Waals surface area contributed by atoms with Gasteiger partial charge in [0.1, 0.15) is 11.9 Å². The van der Waals surface area contributed by atoms with Gasteiger partial charge in [-0.2, -0.15) is 0 Å². The molecule has 8 heteroatoms. The Kier molecular flexibility index (Phi) is 6.85. The van der Waals surface area contributed by atoms with Crippen molar-refractivity contribution in [3.05, 3.63) is 45.0 Å². The number of azide groups is 1. The average Bonchev–Trinajstić information content (AvgIpc) is 2.57. The molecule has 1 aromatic rings. The molecule has 1 N–H and O–H groups in total. The van der Waals surface area contributed by atoms with Crippen LogP contribution in [-0.4, -0.2) is 30.3 Å². The zero-order valence-corrected chi connectivity index (χ0v) is 13.8. The molecular formula is C16H19ClFN3O3. The number of nitrogens with zero attached hydrogens (tertiary/aromatic N) is 3. The molecule has 0 bridgehead atoms. The van der Waals surface area contributed by atoms with Crippen LogP contribution in [0, 0.1) is 11.7 Å². The van der Waals surface area contributed by atoms with Gasteiger partial charge in [0, 0.05) is 24.0 Å². The third-order valence-corrected chi connectivity index (χ3v) is 4.72. The fourth-order valence-electron chi connectivity index (χ4n) is 3.06. The van der Waals surface area contributed by atoms with E-state index in [0.29, 0.717) is 31.1 Å². The number of rotatable bonds is 7. The normalized spacial score (nSPS) is 17.8. The molecule has 1 aromatic carbocycles. The smallest absolute Gasteiger partial charge is 0.313 e. The van der Waals surface area contributed by atoms with E-state index in [9.17, 15) is 14.3 Å². The molecule has 1 aliphatic rings. The number of hydrogen-bond acceptors (Lipinski definition) is 3. The van der Waals surface area contributed by atoms with Crippen LogP contribution < -0.4 is 0 Å². The Balaban J connectivity index is 2.23. The number of carboxylic acid groups (broad SMARTS) is 1. The molecule has 6 nitrogen and oxygen atoms in total. The fourth-order valence-corrected chi connectivity index (χ4v) is 3.18. The molecule has 0 saturated carbocycles. The van der Waals surface area contributed by atoms with Gasteiger partial charge in [0.2, 0.25) is 0 Å². The lowest BCUT2D eigenvalue weighted by molar-refractivity contribution is -0.139. The molecule has 0 aliphatic carbocycles. The average molecular weight is 356 g/mol. The van der Waals surface area contributed by atoms with Crippen LogP contribution in [-0.2, 0) is 9.53 Å². The van der Waals surface area contributed by atoms with E-state index in [-0.39, 0.29) is 5.02 Å². The second-order valence-corrected chi connectivity index (χ2v) is 6.31. The molecule has 0 radical (unpaired) electrons. The van der Waals surface area contributed by atoms with Crippen molar-refractivity contribution in [2.24, 2.45) is 11.0 Å². The van der Waals surface area contributed by atoms with Crippen LogP contribution in [0.3, 0.4) is 0 Å². The van der Waals surface area contributed by atoms with Gasteiger partial charge in [0.25, 0.3) is 0 Å². The minimum atomic E-state index is -1.28. The highest BCUT2D eigenvalue weighted by Gasteiger charge is 2.30. The molecule has 1 aliphatic heterocycles. The maximum Gasteiger partial charge on any atom is 0.313 e. The van der Waals surface area contributed by atoms with Crippen molar-refractivity contribution >= 4 is 17.6 Å². The van der Waals surface area contributed by atoms with Gasteiger partial charge in [-0.1, -0.05) is 22.8 Å². The molecule has 24 heavy (non-hydrogen) atoms. The Morgan fingerprint density at radius 3 is 2.79 bits per heavy atom. The van der Waals surface area contributed by atoms with Gasteiger partial charge >= 0.3 is 5.97 Å². The van der Waals surface area contributed by atoms with Crippen LogP contribution in [0.2, 0.25) is 5.02 Å². The highest BCUT2D eigenvalue weighted by atomic mass is 35.5. The largest absolute Gasteiger partial charge is 0.481 e. The number of halogens is 2. The van der Waals surface area contributed by atoms with Gasteiger partial charge < -0.3 is 9.84 Å². The maximum absolute atomic E-state index is 13.8. The summed E-state index contributed by atoms with van der Waals surface area (Å²) in [5.41, 5.74) is 9.16. The number of ether oxygens (including phenoxy) is 1. The number of carbonyl (C=O) groups is 1. The lowest BCUT2D eigenvalue weighted by Crippen LogP contribution is -2.27. The van der Waals surface area contributed by atoms with E-state index >= 15 is 0 Å². The van der Waals surface area contributed by atoms with Gasteiger partial charge in [0.05, 0.1) is 5.02 Å². The van der Waals surface area contributed by atoms with Crippen molar-refractivity contribution in [1.29, 1.82) is 0 Å². The molecule has 2 rings (SSSR count). The summed E-state index contributed by atoms with van der Waals surface area (Å²) in [7, 11) is 0. The zero-order valence-electron chi connectivity index (χ0n) is 13.1. The van der Waals surface area contributed by atoms with E-state index in [2.05, 4.69) is 10.0 Å². The molecule has 1 unspecified atom stereocenters. The van der Waals surface area contributed by atoms with E-state index in [4.69, 9.17) is 21.9 Å². The molecule has 2 atom stereocenters. The molecule has 1 fully saturated rings. The van der Waals surface area contributed by atoms with Crippen LogP contribution in [0.25, 0.3) is 10.4 Å². The number of benzene rings is 1. The first-order valence-electron chi connectivity index (χ1n) is 7.82. The summed E-state index contributed by atoms with van der Waals surface area (Å²) in [6.45, 7) is 1.40. The van der Waals surface area contributed by atoms with Crippen molar-refractivity contribution < 1.29 is 19.0 Å². The van der Waals surface area contributed by atoms with Gasteiger partial charge in [-0.05, 0) is 54.8 Å². The van der Waals surface area contributed by atoms with Gasteiger partial charge in [-0.15, -0.1) is 0 Å². The quantitative estimate of drug-likeness (QED) is 0.442. The summed E-state index contributed by atoms with van der Waals surface area (Å²) in [6.07, 6.45) is 3.09. The summed E-state index contributed by atoms with van der Waals surface area (Å²) in [5.74, 6) is -2.01. The summed E-state index contributed by atoms with van der Waals surface area (Å²) >= 11 is 5.70. The van der Waals surface area contributed by atoms with Crippen LogP contribution >= 0.6 is 11.6 Å². The van der Waals surface area contributed by atoms with Crippen LogP contribution in [0.1, 0.15) is 37.2 Å². The second kappa shape index (κ2) is 8.87. The minimum Gasteiger partial charge on any atom is -0.481 e. The molecule has 1 saturated heterocycles. The molecule has 130 valence electrons. The molecule has 0 amide bonds. The maximum atomic E-state index is 13.8. The van der Waals surface area contributed by atoms with Crippen molar-refractivity contribution in [1.82, 2.24) is 0 Å². The van der Waals surface area contributed by atoms with E-state index in [1.165, 1.54) is 12.1 Å². The first kappa shape index (κ1) is 18.5. The van der Waals surface area contributed by atoms with Gasteiger partial charge in [-0.3, -0.25) is 4.79 Å². The monoisotopic (exact) mass is 355 g/mol. The van der Waals surface area contributed by atoms with Crippen molar-refractivity contribution in [3.8, 4) is 0 Å². The van der Waals surface area contributed by atoms with E-state index in [1.807, 2.05) is 0 Å². The predicted octanol–water partition coefficient (Wildman–Crippen LogP) is 4.53. The Labute approximate surface area is 144 Å². The fraction of sp³-hybridized carbons (Fsp3) is 0.562.